The van der Waals surface area contributed by atoms with E-state index < -0.39 is 35.7 Å². The monoisotopic (exact) mass is 471 g/mol. The Hall–Kier alpha value is -3.15. The van der Waals surface area contributed by atoms with Gasteiger partial charge in [0.2, 0.25) is 5.95 Å². The van der Waals surface area contributed by atoms with E-state index in [0.29, 0.717) is 24.5 Å². The zero-order valence-corrected chi connectivity index (χ0v) is 18.4. The van der Waals surface area contributed by atoms with Crippen LogP contribution in [0, 0.1) is 11.6 Å². The van der Waals surface area contributed by atoms with Crippen molar-refractivity contribution in [2.45, 2.75) is 32.4 Å². The number of likely N-dealkylation sites (tertiary alicyclic amines) is 1. The van der Waals surface area contributed by atoms with Gasteiger partial charge in [0, 0.05) is 26.3 Å². The van der Waals surface area contributed by atoms with E-state index in [0.717, 1.165) is 24.8 Å². The van der Waals surface area contributed by atoms with Gasteiger partial charge in [-0.3, -0.25) is 4.79 Å². The lowest BCUT2D eigenvalue weighted by atomic mass is 10.1. The Morgan fingerprint density at radius 1 is 1.30 bits per heavy atom. The van der Waals surface area contributed by atoms with Gasteiger partial charge >= 0.3 is 6.55 Å². The van der Waals surface area contributed by atoms with Gasteiger partial charge < -0.3 is 19.7 Å². The number of methoxy groups -OCH3 is 2. The van der Waals surface area contributed by atoms with Crippen LogP contribution < -0.4 is 15.0 Å². The average molecular weight is 471 g/mol. The molecule has 1 aliphatic heterocycles. The largest absolute Gasteiger partial charge is 0.495 e. The van der Waals surface area contributed by atoms with Gasteiger partial charge in [-0.2, -0.15) is 13.8 Å². The van der Waals surface area contributed by atoms with E-state index in [1.807, 2.05) is 0 Å². The van der Waals surface area contributed by atoms with E-state index in [-0.39, 0.29) is 29.7 Å². The number of hydrogen-bond donors (Lipinski definition) is 1. The van der Waals surface area contributed by atoms with Crippen LogP contribution in [0.3, 0.4) is 0 Å². The fourth-order valence-electron chi connectivity index (χ4n) is 3.75. The molecule has 12 heteroatoms. The first-order valence-electron chi connectivity index (χ1n) is 10.3. The Bertz CT molecular complexity index is 995. The first-order chi connectivity index (χ1) is 15.8. The van der Waals surface area contributed by atoms with Gasteiger partial charge in [-0.25, -0.2) is 18.7 Å². The molecule has 1 aromatic carbocycles. The molecule has 0 bridgehead atoms. The maximum atomic E-state index is 15.1. The summed E-state index contributed by atoms with van der Waals surface area (Å²) in [5, 5.41) is 2.61. The molecule has 3 rings (SSSR count). The molecule has 33 heavy (non-hydrogen) atoms. The number of ether oxygens (including phenoxy) is 2. The van der Waals surface area contributed by atoms with Crippen molar-refractivity contribution in [3.8, 4) is 5.75 Å². The molecule has 180 valence electrons. The van der Waals surface area contributed by atoms with E-state index in [9.17, 15) is 18.0 Å². The number of nitrogens with one attached hydrogen (secondary N) is 1. The van der Waals surface area contributed by atoms with Crippen molar-refractivity contribution in [2.75, 3.05) is 44.1 Å². The average Bonchev–Trinajstić information content (AvgIpc) is 3.24. The number of halogens is 4. The summed E-state index contributed by atoms with van der Waals surface area (Å²) >= 11 is 0. The fraction of sp³-hybridized carbons (Fsp3) is 0.476. The van der Waals surface area contributed by atoms with Crippen LogP contribution in [-0.2, 0) is 4.74 Å². The van der Waals surface area contributed by atoms with Gasteiger partial charge in [-0.1, -0.05) is 0 Å². The lowest BCUT2D eigenvalue weighted by Gasteiger charge is -2.26. The number of nitrogens with zero attached hydrogens (tertiary/aromatic N) is 4. The SMILES string of the molecule is CCNc1nc(N(c2cc(F)c(C(=O)N3CCC[C@H]3COC)cc2OC)C(F)F)ncc1F. The molecule has 0 radical (unpaired) electrons. The van der Waals surface area contributed by atoms with Crippen molar-refractivity contribution in [1.29, 1.82) is 0 Å². The van der Waals surface area contributed by atoms with Crippen molar-refractivity contribution in [3.63, 3.8) is 0 Å². The first-order valence-corrected chi connectivity index (χ1v) is 10.3. The highest BCUT2D eigenvalue weighted by molar-refractivity contribution is 5.96. The van der Waals surface area contributed by atoms with E-state index in [1.54, 1.807) is 6.92 Å². The van der Waals surface area contributed by atoms with Crippen molar-refractivity contribution in [1.82, 2.24) is 14.9 Å². The topological polar surface area (TPSA) is 79.8 Å². The Kier molecular flexibility index (Phi) is 7.90. The fourth-order valence-corrected chi connectivity index (χ4v) is 3.75. The molecule has 8 nitrogen and oxygen atoms in total. The number of carbonyl (C=O) groups is 1. The normalized spacial score (nSPS) is 15.8. The predicted molar refractivity (Wildman–Crippen MR) is 113 cm³/mol. The quantitative estimate of drug-likeness (QED) is 0.440. The second-order valence-electron chi connectivity index (χ2n) is 7.30. The summed E-state index contributed by atoms with van der Waals surface area (Å²) in [5.41, 5.74) is -0.730. The third kappa shape index (κ3) is 5.10. The van der Waals surface area contributed by atoms with E-state index in [2.05, 4.69) is 15.3 Å². The second-order valence-corrected chi connectivity index (χ2v) is 7.30. The molecular weight excluding hydrogens is 446 g/mol. The summed E-state index contributed by atoms with van der Waals surface area (Å²) in [7, 11) is 2.71. The lowest BCUT2D eigenvalue weighted by Crippen LogP contribution is -2.38. The van der Waals surface area contributed by atoms with E-state index in [4.69, 9.17) is 9.47 Å². The first kappa shape index (κ1) is 24.5. The molecule has 1 aliphatic rings. The minimum Gasteiger partial charge on any atom is -0.495 e. The van der Waals surface area contributed by atoms with Gasteiger partial charge in [0.25, 0.3) is 5.91 Å². The van der Waals surface area contributed by atoms with E-state index >= 15 is 4.39 Å². The number of carbonyl (C=O) groups excluding carboxylic acids is 1. The molecule has 0 saturated carbocycles. The molecular formula is C21H25F4N5O3. The zero-order valence-electron chi connectivity index (χ0n) is 18.4. The van der Waals surface area contributed by atoms with Gasteiger partial charge in [0.1, 0.15) is 11.6 Å². The highest BCUT2D eigenvalue weighted by atomic mass is 19.3. The molecule has 0 spiro atoms. The van der Waals surface area contributed by atoms with Gasteiger partial charge in [0.15, 0.2) is 11.6 Å². The highest BCUT2D eigenvalue weighted by Gasteiger charge is 2.33. The number of rotatable bonds is 9. The van der Waals surface area contributed by atoms with Crippen molar-refractivity contribution < 1.29 is 31.8 Å². The van der Waals surface area contributed by atoms with Crippen LogP contribution in [0.1, 0.15) is 30.1 Å². The Morgan fingerprint density at radius 2 is 2.06 bits per heavy atom. The van der Waals surface area contributed by atoms with Gasteiger partial charge in [0.05, 0.1) is 37.2 Å². The number of alkyl halides is 2. The predicted octanol–water partition coefficient (Wildman–Crippen LogP) is 3.81. The summed E-state index contributed by atoms with van der Waals surface area (Å²) in [6.07, 6.45) is 2.19. The molecule has 1 N–H and O–H groups in total. The Labute approximate surface area is 188 Å². The van der Waals surface area contributed by atoms with Crippen LogP contribution >= 0.6 is 0 Å². The molecule has 0 unspecified atom stereocenters. The zero-order chi connectivity index (χ0) is 24.1. The maximum Gasteiger partial charge on any atom is 0.321 e. The minimum atomic E-state index is -3.22. The van der Waals surface area contributed by atoms with Gasteiger partial charge in [-0.15, -0.1) is 0 Å². The lowest BCUT2D eigenvalue weighted by molar-refractivity contribution is 0.0626. The Morgan fingerprint density at radius 3 is 2.70 bits per heavy atom. The summed E-state index contributed by atoms with van der Waals surface area (Å²) in [4.78, 5) is 22.2. The van der Waals surface area contributed by atoms with Crippen molar-refractivity contribution in [2.24, 2.45) is 0 Å². The summed E-state index contributed by atoms with van der Waals surface area (Å²) < 4.78 is 67.4. The van der Waals surface area contributed by atoms with Crippen LogP contribution in [0.4, 0.5) is 35.0 Å². The van der Waals surface area contributed by atoms with E-state index in [1.165, 1.54) is 19.1 Å². The minimum absolute atomic E-state index is 0.194. The van der Waals surface area contributed by atoms with Crippen LogP contribution in [0.5, 0.6) is 5.75 Å². The second kappa shape index (κ2) is 10.6. The molecule has 2 heterocycles. The standard InChI is InChI=1S/C21H25F4N5O3/c1-4-26-18-15(23)10-27-21(28-18)30(20(24)25)16-9-14(22)13(8-17(16)33-3)19(31)29-7-5-6-12(29)11-32-2/h8-10,12,20H,4-7,11H2,1-3H3,(H,26,27,28)/t12-/m0/s1. The number of amides is 1. The van der Waals surface area contributed by atoms with Crippen molar-refractivity contribution in [3.05, 3.63) is 35.5 Å². The van der Waals surface area contributed by atoms with Crippen LogP contribution in [0.25, 0.3) is 0 Å². The van der Waals surface area contributed by atoms with Crippen LogP contribution in [0.2, 0.25) is 0 Å². The summed E-state index contributed by atoms with van der Waals surface area (Å²) in [6, 6.07) is 1.63. The summed E-state index contributed by atoms with van der Waals surface area (Å²) in [6.45, 7) is -0.521. The third-order valence-electron chi connectivity index (χ3n) is 5.24. The third-order valence-corrected chi connectivity index (χ3v) is 5.24. The van der Waals surface area contributed by atoms with Gasteiger partial charge in [-0.05, 0) is 25.8 Å². The van der Waals surface area contributed by atoms with Crippen LogP contribution in [-0.4, -0.2) is 67.3 Å². The van der Waals surface area contributed by atoms with Crippen molar-refractivity contribution >= 4 is 23.4 Å². The molecule has 2 aromatic rings. The smallest absolute Gasteiger partial charge is 0.321 e. The Balaban J connectivity index is 2.03. The molecule has 0 aliphatic carbocycles. The number of benzene rings is 1. The van der Waals surface area contributed by atoms with Crippen LogP contribution in [0.15, 0.2) is 18.3 Å². The highest BCUT2D eigenvalue weighted by Crippen LogP contribution is 2.38. The molecule has 1 aromatic heterocycles. The number of aromatic nitrogens is 2. The molecule has 1 saturated heterocycles. The maximum absolute atomic E-state index is 15.1. The molecule has 1 amide bonds. The number of anilines is 3. The molecule has 1 fully saturated rings. The number of hydrogen-bond acceptors (Lipinski definition) is 7. The molecule has 1 atom stereocenters. The summed E-state index contributed by atoms with van der Waals surface area (Å²) in [5.74, 6) is -3.48.